The number of hydrogen-bond donors (Lipinski definition) is 1. The Balaban J connectivity index is 1.93. The van der Waals surface area contributed by atoms with Gasteiger partial charge >= 0.3 is 0 Å². The molecule has 2 rings (SSSR count). The molecule has 3 amide bonds. The van der Waals surface area contributed by atoms with Crippen LogP contribution >= 0.6 is 0 Å². The van der Waals surface area contributed by atoms with E-state index >= 15 is 0 Å². The van der Waals surface area contributed by atoms with E-state index in [0.717, 1.165) is 12.1 Å². The molecule has 6 nitrogen and oxygen atoms in total. The van der Waals surface area contributed by atoms with E-state index in [4.69, 9.17) is 0 Å². The Morgan fingerprint density at radius 2 is 1.86 bits per heavy atom. The summed E-state index contributed by atoms with van der Waals surface area (Å²) in [7, 11) is 0. The van der Waals surface area contributed by atoms with Crippen LogP contribution in [0.4, 0.5) is 8.78 Å². The summed E-state index contributed by atoms with van der Waals surface area (Å²) < 4.78 is 26.9. The first-order valence-corrected chi connectivity index (χ1v) is 9.55. The summed E-state index contributed by atoms with van der Waals surface area (Å²) in [4.78, 5) is 40.1. The molecule has 0 radical (unpaired) electrons. The highest BCUT2D eigenvalue weighted by Crippen LogP contribution is 2.22. The zero-order valence-electron chi connectivity index (χ0n) is 16.5. The van der Waals surface area contributed by atoms with Crippen LogP contribution in [0.15, 0.2) is 18.2 Å². The smallest absolute Gasteiger partial charge is 0.256 e. The van der Waals surface area contributed by atoms with Crippen LogP contribution in [0.1, 0.15) is 44.0 Å². The molecule has 1 aliphatic rings. The van der Waals surface area contributed by atoms with Gasteiger partial charge in [0.1, 0.15) is 11.6 Å². The van der Waals surface area contributed by atoms with Crippen molar-refractivity contribution in [3.8, 4) is 0 Å². The molecule has 0 aromatic heterocycles. The first kappa shape index (κ1) is 21.8. The van der Waals surface area contributed by atoms with Gasteiger partial charge in [-0.2, -0.15) is 0 Å². The first-order valence-electron chi connectivity index (χ1n) is 9.55. The molecule has 28 heavy (non-hydrogen) atoms. The van der Waals surface area contributed by atoms with Crippen molar-refractivity contribution in [3.63, 3.8) is 0 Å². The van der Waals surface area contributed by atoms with E-state index in [1.54, 1.807) is 0 Å². The quantitative estimate of drug-likeness (QED) is 0.803. The second-order valence-electron chi connectivity index (χ2n) is 7.27. The van der Waals surface area contributed by atoms with Crippen molar-refractivity contribution < 1.29 is 23.2 Å². The van der Waals surface area contributed by atoms with Crippen LogP contribution in [0.25, 0.3) is 0 Å². The van der Waals surface area contributed by atoms with Gasteiger partial charge in [-0.15, -0.1) is 0 Å². The van der Waals surface area contributed by atoms with E-state index in [0.29, 0.717) is 38.5 Å². The van der Waals surface area contributed by atoms with Crippen LogP contribution in [0.3, 0.4) is 0 Å². The van der Waals surface area contributed by atoms with Crippen molar-refractivity contribution >= 4 is 17.7 Å². The number of amides is 3. The summed E-state index contributed by atoms with van der Waals surface area (Å²) >= 11 is 0. The number of carbonyl (C=O) groups is 3. The second-order valence-corrected chi connectivity index (χ2v) is 7.27. The highest BCUT2D eigenvalue weighted by molar-refractivity contribution is 5.94. The minimum Gasteiger partial charge on any atom is -0.352 e. The van der Waals surface area contributed by atoms with Crippen molar-refractivity contribution in [2.75, 3.05) is 26.2 Å². The number of nitrogens with one attached hydrogen (secondary N) is 1. The predicted octanol–water partition coefficient (Wildman–Crippen LogP) is 2.19. The molecule has 1 aromatic rings. The summed E-state index contributed by atoms with van der Waals surface area (Å²) in [5, 5.41) is 2.77. The van der Waals surface area contributed by atoms with Crippen molar-refractivity contribution in [3.05, 3.63) is 35.4 Å². The molecule has 0 spiro atoms. The summed E-state index contributed by atoms with van der Waals surface area (Å²) in [6.45, 7) is 6.57. The number of likely N-dealkylation sites (tertiary alicyclic amines) is 1. The molecule has 0 atom stereocenters. The Labute approximate surface area is 163 Å². The normalized spacial score (nSPS) is 14.9. The lowest BCUT2D eigenvalue weighted by atomic mass is 9.94. The van der Waals surface area contributed by atoms with Crippen LogP contribution in [-0.4, -0.2) is 59.7 Å². The van der Waals surface area contributed by atoms with Gasteiger partial charge in [-0.1, -0.05) is 0 Å². The summed E-state index contributed by atoms with van der Waals surface area (Å²) in [6.07, 6.45) is 0.880. The van der Waals surface area contributed by atoms with Gasteiger partial charge in [0.15, 0.2) is 0 Å². The molecule has 1 saturated heterocycles. The summed E-state index contributed by atoms with van der Waals surface area (Å²) in [6, 6.07) is 2.87. The Morgan fingerprint density at radius 3 is 2.39 bits per heavy atom. The van der Waals surface area contributed by atoms with E-state index in [-0.39, 0.29) is 35.9 Å². The first-order chi connectivity index (χ1) is 13.2. The standard InChI is InChI=1S/C20H27F2N3O3/c1-4-24(12-18(26)23-13(2)3)19(27)14-7-9-25(10-8-14)20(28)16-6-5-15(21)11-17(16)22/h5-6,11,13-14H,4,7-10,12H2,1-3H3,(H,23,26). The molecule has 154 valence electrons. The highest BCUT2D eigenvalue weighted by Gasteiger charge is 2.31. The molecule has 1 fully saturated rings. The number of likely N-dealkylation sites (N-methyl/N-ethyl adjacent to an activating group) is 1. The number of nitrogens with zero attached hydrogens (tertiary/aromatic N) is 2. The van der Waals surface area contributed by atoms with E-state index < -0.39 is 17.5 Å². The number of hydrogen-bond acceptors (Lipinski definition) is 3. The minimum atomic E-state index is -0.892. The van der Waals surface area contributed by atoms with Gasteiger partial charge in [-0.25, -0.2) is 8.78 Å². The molecular formula is C20H27F2N3O3. The van der Waals surface area contributed by atoms with Crippen LogP contribution < -0.4 is 5.32 Å². The van der Waals surface area contributed by atoms with Crippen LogP contribution in [0.5, 0.6) is 0 Å². The average molecular weight is 395 g/mol. The van der Waals surface area contributed by atoms with E-state index in [1.807, 2.05) is 20.8 Å². The third kappa shape index (κ3) is 5.50. The lowest BCUT2D eigenvalue weighted by Crippen LogP contribution is -2.47. The predicted molar refractivity (Wildman–Crippen MR) is 101 cm³/mol. The summed E-state index contributed by atoms with van der Waals surface area (Å²) in [5.74, 6) is -2.73. The van der Waals surface area contributed by atoms with Gasteiger partial charge in [-0.05, 0) is 45.7 Å². The van der Waals surface area contributed by atoms with Gasteiger partial charge in [-0.3, -0.25) is 14.4 Å². The SMILES string of the molecule is CCN(CC(=O)NC(C)C)C(=O)C1CCN(C(=O)c2ccc(F)cc2F)CC1. The van der Waals surface area contributed by atoms with Crippen LogP contribution in [0.2, 0.25) is 0 Å². The second kappa shape index (κ2) is 9.61. The van der Waals surface area contributed by atoms with Crippen molar-refractivity contribution in [1.82, 2.24) is 15.1 Å². The zero-order chi connectivity index (χ0) is 20.8. The number of benzene rings is 1. The molecule has 1 heterocycles. The van der Waals surface area contributed by atoms with Crippen molar-refractivity contribution in [2.45, 2.75) is 39.7 Å². The Bertz CT molecular complexity index is 731. The maximum Gasteiger partial charge on any atom is 0.256 e. The van der Waals surface area contributed by atoms with Gasteiger partial charge in [0, 0.05) is 37.7 Å². The maximum atomic E-state index is 13.8. The third-order valence-electron chi connectivity index (χ3n) is 4.77. The van der Waals surface area contributed by atoms with Gasteiger partial charge < -0.3 is 15.1 Å². The molecule has 0 aliphatic carbocycles. The van der Waals surface area contributed by atoms with Crippen LogP contribution in [-0.2, 0) is 9.59 Å². The number of piperidine rings is 1. The number of carbonyl (C=O) groups excluding carboxylic acids is 3. The molecule has 1 aliphatic heterocycles. The fourth-order valence-corrected chi connectivity index (χ4v) is 3.31. The third-order valence-corrected chi connectivity index (χ3v) is 4.77. The topological polar surface area (TPSA) is 69.7 Å². The molecule has 1 N–H and O–H groups in total. The molecule has 1 aromatic carbocycles. The number of halogens is 2. The van der Waals surface area contributed by atoms with Gasteiger partial charge in [0.25, 0.3) is 5.91 Å². The average Bonchev–Trinajstić information content (AvgIpc) is 2.64. The molecule has 0 bridgehead atoms. The molecule has 8 heteroatoms. The zero-order valence-corrected chi connectivity index (χ0v) is 16.5. The van der Waals surface area contributed by atoms with E-state index in [1.165, 1.54) is 9.80 Å². The lowest BCUT2D eigenvalue weighted by molar-refractivity contribution is -0.140. The minimum absolute atomic E-state index is 0.00224. The monoisotopic (exact) mass is 395 g/mol. The highest BCUT2D eigenvalue weighted by atomic mass is 19.1. The van der Waals surface area contributed by atoms with Crippen molar-refractivity contribution in [2.24, 2.45) is 5.92 Å². The number of rotatable bonds is 6. The maximum absolute atomic E-state index is 13.8. The largest absolute Gasteiger partial charge is 0.352 e. The summed E-state index contributed by atoms with van der Waals surface area (Å²) in [5.41, 5.74) is -0.174. The lowest BCUT2D eigenvalue weighted by Gasteiger charge is -2.34. The molecule has 0 unspecified atom stereocenters. The van der Waals surface area contributed by atoms with E-state index in [2.05, 4.69) is 5.32 Å². The fourth-order valence-electron chi connectivity index (χ4n) is 3.31. The fraction of sp³-hybridized carbons (Fsp3) is 0.550. The molecular weight excluding hydrogens is 368 g/mol. The van der Waals surface area contributed by atoms with E-state index in [9.17, 15) is 23.2 Å². The Kier molecular flexibility index (Phi) is 7.48. The van der Waals surface area contributed by atoms with Gasteiger partial charge in [0.05, 0.1) is 12.1 Å². The van der Waals surface area contributed by atoms with Gasteiger partial charge in [0.2, 0.25) is 11.8 Å². The Hall–Kier alpha value is -2.51. The van der Waals surface area contributed by atoms with Crippen molar-refractivity contribution in [1.29, 1.82) is 0 Å². The Morgan fingerprint density at radius 1 is 1.21 bits per heavy atom. The van der Waals surface area contributed by atoms with Crippen LogP contribution in [0, 0.1) is 17.6 Å². The molecule has 0 saturated carbocycles.